The lowest BCUT2D eigenvalue weighted by Crippen LogP contribution is -2.27. The summed E-state index contributed by atoms with van der Waals surface area (Å²) in [6.07, 6.45) is 2.06. The van der Waals surface area contributed by atoms with Crippen LogP contribution in [0.3, 0.4) is 0 Å². The Morgan fingerprint density at radius 2 is 2.33 bits per heavy atom. The molecule has 0 radical (unpaired) electrons. The van der Waals surface area contributed by atoms with E-state index in [9.17, 15) is 4.79 Å². The van der Waals surface area contributed by atoms with Crippen molar-refractivity contribution in [2.75, 3.05) is 7.05 Å². The van der Waals surface area contributed by atoms with E-state index in [-0.39, 0.29) is 5.91 Å². The van der Waals surface area contributed by atoms with E-state index in [1.165, 1.54) is 4.88 Å². The van der Waals surface area contributed by atoms with Crippen molar-refractivity contribution in [2.45, 2.75) is 13.0 Å². The summed E-state index contributed by atoms with van der Waals surface area (Å²) in [4.78, 5) is 19.1. The quantitative estimate of drug-likeness (QED) is 0.865. The first-order valence-electron chi connectivity index (χ1n) is 5.52. The minimum Gasteiger partial charge on any atom is -0.340 e. The van der Waals surface area contributed by atoms with Crippen LogP contribution in [0.25, 0.3) is 0 Å². The molecule has 2 heterocycles. The Balaban J connectivity index is 1.93. The third-order valence-corrected chi connectivity index (χ3v) is 4.18. The van der Waals surface area contributed by atoms with E-state index in [1.807, 2.05) is 36.7 Å². The molecule has 0 aliphatic heterocycles. The van der Waals surface area contributed by atoms with Gasteiger partial charge in [0.1, 0.15) is 0 Å². The number of likely N-dealkylation sites (N-methyl/N-ethyl adjacent to an activating group) is 1. The Kier molecular flexibility index (Phi) is 4.49. The first kappa shape index (κ1) is 13.2. The first-order chi connectivity index (χ1) is 8.65. The molecule has 0 N–H and O–H groups in total. The number of hydrogen-bond donors (Lipinski definition) is 0. The van der Waals surface area contributed by atoms with Crippen molar-refractivity contribution in [1.29, 1.82) is 0 Å². The lowest BCUT2D eigenvalue weighted by Gasteiger charge is -2.15. The number of aromatic nitrogens is 1. The van der Waals surface area contributed by atoms with Gasteiger partial charge in [-0.2, -0.15) is 0 Å². The van der Waals surface area contributed by atoms with Crippen LogP contribution in [-0.2, 0) is 17.8 Å². The highest BCUT2D eigenvalue weighted by Crippen LogP contribution is 2.20. The molecule has 0 atom stereocenters. The Hall–Kier alpha value is -1.20. The van der Waals surface area contributed by atoms with Crippen LogP contribution in [0.5, 0.6) is 0 Å². The summed E-state index contributed by atoms with van der Waals surface area (Å²) in [6, 6.07) is 7.65. The molecular weight excluding hydrogens is 312 g/mol. The highest BCUT2D eigenvalue weighted by atomic mass is 79.9. The molecule has 5 heteroatoms. The van der Waals surface area contributed by atoms with Crippen molar-refractivity contribution < 1.29 is 4.79 Å². The van der Waals surface area contributed by atoms with Gasteiger partial charge in [-0.15, -0.1) is 11.3 Å². The topological polar surface area (TPSA) is 33.2 Å². The maximum atomic E-state index is 12.0. The Bertz CT molecular complexity index is 527. The second-order valence-electron chi connectivity index (χ2n) is 3.98. The molecule has 2 aromatic rings. The van der Waals surface area contributed by atoms with Gasteiger partial charge in [0.25, 0.3) is 0 Å². The number of thiophene rings is 1. The fourth-order valence-corrected chi connectivity index (χ4v) is 3.05. The van der Waals surface area contributed by atoms with Crippen LogP contribution < -0.4 is 0 Å². The summed E-state index contributed by atoms with van der Waals surface area (Å²) in [7, 11) is 1.82. The average molecular weight is 325 g/mol. The summed E-state index contributed by atoms with van der Waals surface area (Å²) >= 11 is 5.06. The summed E-state index contributed by atoms with van der Waals surface area (Å²) in [5.41, 5.74) is 0.807. The number of carbonyl (C=O) groups is 1. The molecular formula is C13H13BrN2OS. The number of nitrogens with zero attached hydrogens (tertiary/aromatic N) is 2. The van der Waals surface area contributed by atoms with Gasteiger partial charge in [0.2, 0.25) is 5.91 Å². The lowest BCUT2D eigenvalue weighted by atomic mass is 10.2. The molecule has 0 unspecified atom stereocenters. The molecule has 18 heavy (non-hydrogen) atoms. The highest BCUT2D eigenvalue weighted by Gasteiger charge is 2.11. The summed E-state index contributed by atoms with van der Waals surface area (Å²) < 4.78 is 1.06. The molecule has 0 bridgehead atoms. The van der Waals surface area contributed by atoms with Crippen molar-refractivity contribution in [3.05, 3.63) is 50.9 Å². The zero-order valence-electron chi connectivity index (χ0n) is 9.97. The number of rotatable bonds is 4. The monoisotopic (exact) mass is 324 g/mol. The lowest BCUT2D eigenvalue weighted by molar-refractivity contribution is -0.129. The molecule has 0 aromatic carbocycles. The number of amides is 1. The van der Waals surface area contributed by atoms with E-state index in [0.29, 0.717) is 13.0 Å². The van der Waals surface area contributed by atoms with Gasteiger partial charge < -0.3 is 4.90 Å². The minimum atomic E-state index is 0.0817. The van der Waals surface area contributed by atoms with Gasteiger partial charge in [-0.1, -0.05) is 6.07 Å². The summed E-state index contributed by atoms with van der Waals surface area (Å²) in [6.45, 7) is 0.641. The standard InChI is InChI=1S/C13H13BrN2OS/c1-16(8-12-6-10(14)9-18-12)13(17)7-11-4-2-3-5-15-11/h2-6,9H,7-8H2,1H3. The second-order valence-corrected chi connectivity index (χ2v) is 5.89. The van der Waals surface area contributed by atoms with Gasteiger partial charge in [0.15, 0.2) is 0 Å². The molecule has 0 saturated carbocycles. The fraction of sp³-hybridized carbons (Fsp3) is 0.231. The van der Waals surface area contributed by atoms with Crippen molar-refractivity contribution >= 4 is 33.2 Å². The average Bonchev–Trinajstić information content (AvgIpc) is 2.76. The molecule has 0 aliphatic carbocycles. The van der Waals surface area contributed by atoms with E-state index >= 15 is 0 Å². The number of pyridine rings is 1. The molecule has 0 spiro atoms. The van der Waals surface area contributed by atoms with Gasteiger partial charge in [0.05, 0.1) is 13.0 Å². The van der Waals surface area contributed by atoms with E-state index in [2.05, 4.69) is 20.9 Å². The van der Waals surface area contributed by atoms with Gasteiger partial charge in [0, 0.05) is 33.7 Å². The Morgan fingerprint density at radius 1 is 1.50 bits per heavy atom. The van der Waals surface area contributed by atoms with Crippen LogP contribution in [0, 0.1) is 0 Å². The maximum Gasteiger partial charge on any atom is 0.228 e. The van der Waals surface area contributed by atoms with Crippen LogP contribution >= 0.6 is 27.3 Å². The molecule has 1 amide bonds. The van der Waals surface area contributed by atoms with E-state index in [1.54, 1.807) is 22.4 Å². The Morgan fingerprint density at radius 3 is 2.94 bits per heavy atom. The molecule has 2 rings (SSSR count). The normalized spacial score (nSPS) is 10.3. The Labute approximate surface area is 119 Å². The summed E-state index contributed by atoms with van der Waals surface area (Å²) in [5, 5.41) is 2.02. The molecule has 2 aromatic heterocycles. The highest BCUT2D eigenvalue weighted by molar-refractivity contribution is 9.10. The van der Waals surface area contributed by atoms with Crippen LogP contribution in [0.2, 0.25) is 0 Å². The fourth-order valence-electron chi connectivity index (χ4n) is 1.55. The molecule has 0 aliphatic rings. The molecule has 94 valence electrons. The SMILES string of the molecule is CN(Cc1cc(Br)cs1)C(=O)Cc1ccccn1. The predicted molar refractivity (Wildman–Crippen MR) is 76.4 cm³/mol. The second kappa shape index (κ2) is 6.11. The number of halogens is 1. The zero-order valence-corrected chi connectivity index (χ0v) is 12.4. The molecule has 0 saturated heterocycles. The van der Waals surface area contributed by atoms with Gasteiger partial charge in [-0.25, -0.2) is 0 Å². The van der Waals surface area contributed by atoms with Gasteiger partial charge >= 0.3 is 0 Å². The van der Waals surface area contributed by atoms with Crippen molar-refractivity contribution in [3.63, 3.8) is 0 Å². The van der Waals surface area contributed by atoms with E-state index in [4.69, 9.17) is 0 Å². The van der Waals surface area contributed by atoms with Crippen LogP contribution in [0.15, 0.2) is 40.3 Å². The van der Waals surface area contributed by atoms with Gasteiger partial charge in [-0.05, 0) is 34.1 Å². The van der Waals surface area contributed by atoms with E-state index in [0.717, 1.165) is 10.2 Å². The predicted octanol–water partition coefficient (Wildman–Crippen LogP) is 3.11. The van der Waals surface area contributed by atoms with Crippen molar-refractivity contribution in [1.82, 2.24) is 9.88 Å². The number of carbonyl (C=O) groups excluding carboxylic acids is 1. The molecule has 3 nitrogen and oxygen atoms in total. The van der Waals surface area contributed by atoms with Crippen LogP contribution in [-0.4, -0.2) is 22.8 Å². The summed E-state index contributed by atoms with van der Waals surface area (Å²) in [5.74, 6) is 0.0817. The van der Waals surface area contributed by atoms with Crippen LogP contribution in [0.4, 0.5) is 0 Å². The zero-order chi connectivity index (χ0) is 13.0. The van der Waals surface area contributed by atoms with Crippen molar-refractivity contribution in [2.24, 2.45) is 0 Å². The third-order valence-electron chi connectivity index (χ3n) is 2.50. The first-order valence-corrected chi connectivity index (χ1v) is 7.19. The molecule has 0 fully saturated rings. The minimum absolute atomic E-state index is 0.0817. The number of hydrogen-bond acceptors (Lipinski definition) is 3. The van der Waals surface area contributed by atoms with Crippen LogP contribution in [0.1, 0.15) is 10.6 Å². The van der Waals surface area contributed by atoms with Crippen molar-refractivity contribution in [3.8, 4) is 0 Å². The smallest absolute Gasteiger partial charge is 0.228 e. The van der Waals surface area contributed by atoms with E-state index < -0.39 is 0 Å². The largest absolute Gasteiger partial charge is 0.340 e. The van der Waals surface area contributed by atoms with Gasteiger partial charge in [-0.3, -0.25) is 9.78 Å². The third kappa shape index (κ3) is 3.65. The maximum absolute atomic E-state index is 12.0.